The van der Waals surface area contributed by atoms with Crippen molar-refractivity contribution in [1.29, 1.82) is 0 Å². The predicted octanol–water partition coefficient (Wildman–Crippen LogP) is 4.43. The van der Waals surface area contributed by atoms with Gasteiger partial charge in [0.25, 0.3) is 0 Å². The van der Waals surface area contributed by atoms with Crippen LogP contribution in [0, 0.1) is 17.3 Å². The van der Waals surface area contributed by atoms with E-state index in [1.807, 2.05) is 20.0 Å². The Morgan fingerprint density at radius 2 is 1.73 bits per heavy atom. The van der Waals surface area contributed by atoms with Gasteiger partial charge in [0.05, 0.1) is 12.2 Å². The molecule has 1 spiro atoms. The molecule has 4 heteroatoms. The highest BCUT2D eigenvalue weighted by molar-refractivity contribution is 5.83. The Bertz CT molecular complexity index is 640. The molecule has 2 saturated carbocycles. The molecule has 144 valence electrons. The Balaban J connectivity index is 1.23. The van der Waals surface area contributed by atoms with Gasteiger partial charge in [-0.2, -0.15) is 5.10 Å². The fraction of sp³-hybridized carbons (Fsp3) is 0.818. The average molecular weight is 358 g/mol. The van der Waals surface area contributed by atoms with Crippen LogP contribution in [0.5, 0.6) is 0 Å². The molecule has 0 bridgehead atoms. The van der Waals surface area contributed by atoms with Crippen molar-refractivity contribution < 1.29 is 4.79 Å². The van der Waals surface area contributed by atoms with Gasteiger partial charge in [-0.15, -0.1) is 0 Å². The smallest absolute Gasteiger partial charge is 0.138 e. The number of rotatable bonds is 5. The number of aromatic nitrogens is 2. The van der Waals surface area contributed by atoms with E-state index in [0.717, 1.165) is 6.04 Å². The van der Waals surface area contributed by atoms with Gasteiger partial charge >= 0.3 is 0 Å². The standard InChI is InChI=1S/C22H35N3O/c1-15(2)18-13-23-25(14-18)19-5-7-24(8-6-19)20-11-22(12-20)9-17(10-22)21(26)16(3)4/h13-17,19-20H,5-12H2,1-4H3. The molecule has 4 rings (SSSR count). The summed E-state index contributed by atoms with van der Waals surface area (Å²) in [7, 11) is 0. The van der Waals surface area contributed by atoms with Gasteiger partial charge in [0.2, 0.25) is 0 Å². The molecular weight excluding hydrogens is 322 g/mol. The number of piperidine rings is 1. The molecule has 2 heterocycles. The molecule has 0 N–H and O–H groups in total. The van der Waals surface area contributed by atoms with Gasteiger partial charge in [0.15, 0.2) is 0 Å². The van der Waals surface area contributed by atoms with Crippen molar-refractivity contribution in [1.82, 2.24) is 14.7 Å². The summed E-state index contributed by atoms with van der Waals surface area (Å²) in [5.41, 5.74) is 1.88. The van der Waals surface area contributed by atoms with Crippen LogP contribution >= 0.6 is 0 Å². The first-order valence-corrected chi connectivity index (χ1v) is 10.7. The number of ketones is 1. The lowest BCUT2D eigenvalue weighted by molar-refractivity contribution is -0.144. The van der Waals surface area contributed by atoms with Crippen LogP contribution in [-0.4, -0.2) is 39.6 Å². The molecule has 4 nitrogen and oxygen atoms in total. The first kappa shape index (κ1) is 18.2. The summed E-state index contributed by atoms with van der Waals surface area (Å²) in [6.07, 6.45) is 11.7. The van der Waals surface area contributed by atoms with Crippen molar-refractivity contribution in [2.45, 2.75) is 84.2 Å². The molecule has 0 radical (unpaired) electrons. The second-order valence-corrected chi connectivity index (χ2v) is 9.90. The third-order valence-electron chi connectivity index (χ3n) is 7.35. The molecule has 3 fully saturated rings. The second-order valence-electron chi connectivity index (χ2n) is 9.90. The number of nitrogens with zero attached hydrogens (tertiary/aromatic N) is 3. The van der Waals surface area contributed by atoms with E-state index in [9.17, 15) is 4.79 Å². The zero-order valence-corrected chi connectivity index (χ0v) is 16.9. The summed E-state index contributed by atoms with van der Waals surface area (Å²) in [4.78, 5) is 14.8. The summed E-state index contributed by atoms with van der Waals surface area (Å²) in [6.45, 7) is 11.0. The van der Waals surface area contributed by atoms with Gasteiger partial charge in [0, 0.05) is 37.2 Å². The third kappa shape index (κ3) is 3.26. The summed E-state index contributed by atoms with van der Waals surface area (Å²) in [5, 5.41) is 4.62. The van der Waals surface area contributed by atoms with Crippen molar-refractivity contribution in [2.75, 3.05) is 13.1 Å². The maximum Gasteiger partial charge on any atom is 0.138 e. The van der Waals surface area contributed by atoms with Crippen LogP contribution in [0.1, 0.15) is 83.7 Å². The Hall–Kier alpha value is -1.16. The molecule has 0 atom stereocenters. The minimum Gasteiger partial charge on any atom is -0.300 e. The van der Waals surface area contributed by atoms with Crippen LogP contribution in [0.15, 0.2) is 12.4 Å². The van der Waals surface area contributed by atoms with Gasteiger partial charge in [0.1, 0.15) is 5.78 Å². The molecule has 2 aliphatic carbocycles. The SMILES string of the molecule is CC(C)C(=O)C1CC2(C1)CC(N1CCC(n3cc(C(C)C)cn3)CC1)C2. The number of carbonyl (C=O) groups is 1. The molecule has 1 saturated heterocycles. The Kier molecular flexibility index (Phi) is 4.75. The highest BCUT2D eigenvalue weighted by Gasteiger charge is 2.55. The average Bonchev–Trinajstić information content (AvgIpc) is 3.02. The van der Waals surface area contributed by atoms with Crippen LogP contribution < -0.4 is 0 Å². The number of hydrogen-bond acceptors (Lipinski definition) is 3. The van der Waals surface area contributed by atoms with E-state index in [1.165, 1.54) is 57.2 Å². The Morgan fingerprint density at radius 3 is 2.27 bits per heavy atom. The quantitative estimate of drug-likeness (QED) is 0.782. The van der Waals surface area contributed by atoms with Crippen molar-refractivity contribution >= 4 is 5.78 Å². The van der Waals surface area contributed by atoms with Crippen LogP contribution in [0.25, 0.3) is 0 Å². The molecular formula is C22H35N3O. The van der Waals surface area contributed by atoms with Gasteiger partial charge < -0.3 is 4.90 Å². The first-order chi connectivity index (χ1) is 12.4. The fourth-order valence-electron chi connectivity index (χ4n) is 5.56. The monoisotopic (exact) mass is 357 g/mol. The van der Waals surface area contributed by atoms with Crippen molar-refractivity contribution in [3.63, 3.8) is 0 Å². The first-order valence-electron chi connectivity index (χ1n) is 10.7. The number of hydrogen-bond donors (Lipinski definition) is 0. The highest BCUT2D eigenvalue weighted by atomic mass is 16.1. The number of Topliss-reactive ketones (excluding diaryl/α,β-unsaturated/α-hetero) is 1. The molecule has 0 unspecified atom stereocenters. The largest absolute Gasteiger partial charge is 0.300 e. The van der Waals surface area contributed by atoms with Crippen LogP contribution in [-0.2, 0) is 4.79 Å². The topological polar surface area (TPSA) is 38.1 Å². The van der Waals surface area contributed by atoms with Crippen molar-refractivity contribution in [2.24, 2.45) is 17.3 Å². The second kappa shape index (κ2) is 6.78. The van der Waals surface area contributed by atoms with E-state index in [4.69, 9.17) is 0 Å². The summed E-state index contributed by atoms with van der Waals surface area (Å²) >= 11 is 0. The summed E-state index contributed by atoms with van der Waals surface area (Å²) in [5.74, 6) is 1.64. The van der Waals surface area contributed by atoms with Gasteiger partial charge in [-0.3, -0.25) is 9.48 Å². The van der Waals surface area contributed by atoms with Gasteiger partial charge in [-0.1, -0.05) is 27.7 Å². The minimum atomic E-state index is 0.214. The van der Waals surface area contributed by atoms with Crippen LogP contribution in [0.2, 0.25) is 0 Å². The van der Waals surface area contributed by atoms with E-state index < -0.39 is 0 Å². The van der Waals surface area contributed by atoms with Crippen LogP contribution in [0.4, 0.5) is 0 Å². The van der Waals surface area contributed by atoms with Gasteiger partial charge in [-0.05, 0) is 55.4 Å². The highest BCUT2D eigenvalue weighted by Crippen LogP contribution is 2.60. The normalized spacial score (nSPS) is 32.8. The zero-order valence-electron chi connectivity index (χ0n) is 16.9. The van der Waals surface area contributed by atoms with E-state index in [2.05, 4.69) is 34.7 Å². The lowest BCUT2D eigenvalue weighted by atomic mass is 9.48. The maximum atomic E-state index is 12.1. The fourth-order valence-corrected chi connectivity index (χ4v) is 5.56. The molecule has 1 aromatic heterocycles. The lowest BCUT2D eigenvalue weighted by Gasteiger charge is -2.60. The molecule has 1 aromatic rings. The third-order valence-corrected chi connectivity index (χ3v) is 7.35. The Morgan fingerprint density at radius 1 is 1.08 bits per heavy atom. The predicted molar refractivity (Wildman–Crippen MR) is 104 cm³/mol. The molecule has 3 aliphatic rings. The van der Waals surface area contributed by atoms with E-state index in [1.54, 1.807) is 0 Å². The Labute approximate surface area is 158 Å². The lowest BCUT2D eigenvalue weighted by Crippen LogP contribution is -2.58. The van der Waals surface area contributed by atoms with Crippen molar-refractivity contribution in [3.8, 4) is 0 Å². The molecule has 0 amide bonds. The van der Waals surface area contributed by atoms with Crippen LogP contribution in [0.3, 0.4) is 0 Å². The van der Waals surface area contributed by atoms with E-state index in [0.29, 0.717) is 29.1 Å². The summed E-state index contributed by atoms with van der Waals surface area (Å²) in [6, 6.07) is 1.35. The van der Waals surface area contributed by atoms with E-state index in [-0.39, 0.29) is 5.92 Å². The zero-order chi connectivity index (χ0) is 18.5. The number of likely N-dealkylation sites (tertiary alicyclic amines) is 1. The molecule has 0 aromatic carbocycles. The number of carbonyl (C=O) groups excluding carboxylic acids is 1. The summed E-state index contributed by atoms with van der Waals surface area (Å²) < 4.78 is 2.21. The maximum absolute atomic E-state index is 12.1. The minimum absolute atomic E-state index is 0.214. The van der Waals surface area contributed by atoms with E-state index >= 15 is 0 Å². The molecule has 26 heavy (non-hydrogen) atoms. The van der Waals surface area contributed by atoms with Gasteiger partial charge in [-0.25, -0.2) is 0 Å². The van der Waals surface area contributed by atoms with Crippen molar-refractivity contribution in [3.05, 3.63) is 18.0 Å². The molecule has 1 aliphatic heterocycles.